The molecule has 0 aromatic heterocycles. The Hall–Kier alpha value is -2.13. The Morgan fingerprint density at radius 1 is 1.12 bits per heavy atom. The lowest BCUT2D eigenvalue weighted by Gasteiger charge is -2.29. The van der Waals surface area contributed by atoms with Crippen LogP contribution in [0.2, 0.25) is 0 Å². The second kappa shape index (κ2) is 6.64. The van der Waals surface area contributed by atoms with Crippen molar-refractivity contribution in [3.05, 3.63) is 70.8 Å². The second-order valence-corrected chi connectivity index (χ2v) is 7.71. The van der Waals surface area contributed by atoms with Gasteiger partial charge in [-0.15, -0.1) is 0 Å². The van der Waals surface area contributed by atoms with Crippen molar-refractivity contribution in [2.24, 2.45) is 5.92 Å². The van der Waals surface area contributed by atoms with E-state index in [2.05, 4.69) is 66.4 Å². The summed E-state index contributed by atoms with van der Waals surface area (Å²) in [6.45, 7) is 2.60. The highest BCUT2D eigenvalue weighted by molar-refractivity contribution is 5.83. The topological polar surface area (TPSA) is 23.6 Å². The number of hydrogen-bond donors (Lipinski definition) is 0. The standard InChI is InChI=1S/C22H26N2O/c1-23(2)14-16-8-9-19-15-24(11-10-18(19)12-16)22(25)21-13-20(21)17-6-4-3-5-7-17/h3-9,12,20-21H,10-11,13-15H2,1-2H3/t20-,21-/m1/s1. The summed E-state index contributed by atoms with van der Waals surface area (Å²) in [7, 11) is 4.19. The zero-order valence-electron chi connectivity index (χ0n) is 15.1. The summed E-state index contributed by atoms with van der Waals surface area (Å²) in [6.07, 6.45) is 1.99. The predicted octanol–water partition coefficient (Wildman–Crippen LogP) is 3.44. The van der Waals surface area contributed by atoms with Crippen molar-refractivity contribution >= 4 is 5.91 Å². The number of carbonyl (C=O) groups is 1. The summed E-state index contributed by atoms with van der Waals surface area (Å²) in [5.41, 5.74) is 5.40. The third-order valence-corrected chi connectivity index (χ3v) is 5.43. The zero-order valence-corrected chi connectivity index (χ0v) is 15.1. The van der Waals surface area contributed by atoms with E-state index in [1.165, 1.54) is 22.3 Å². The van der Waals surface area contributed by atoms with E-state index in [0.29, 0.717) is 11.8 Å². The molecule has 2 aromatic rings. The Morgan fingerprint density at radius 3 is 2.68 bits per heavy atom. The van der Waals surface area contributed by atoms with Crippen LogP contribution in [-0.2, 0) is 24.3 Å². The summed E-state index contributed by atoms with van der Waals surface area (Å²) in [4.78, 5) is 17.1. The van der Waals surface area contributed by atoms with Crippen molar-refractivity contribution in [3.63, 3.8) is 0 Å². The first-order valence-corrected chi connectivity index (χ1v) is 9.21. The SMILES string of the molecule is CN(C)Cc1ccc2c(c1)CCN(C(=O)[C@@H]1C[C@@H]1c1ccccc1)C2. The van der Waals surface area contributed by atoms with Crippen LogP contribution >= 0.6 is 0 Å². The molecule has 3 nitrogen and oxygen atoms in total. The largest absolute Gasteiger partial charge is 0.338 e. The van der Waals surface area contributed by atoms with E-state index in [-0.39, 0.29) is 5.92 Å². The first-order valence-electron chi connectivity index (χ1n) is 9.21. The minimum atomic E-state index is 0.192. The minimum absolute atomic E-state index is 0.192. The molecular formula is C22H26N2O. The molecule has 1 fully saturated rings. The lowest BCUT2D eigenvalue weighted by atomic mass is 9.96. The number of amides is 1. The van der Waals surface area contributed by atoms with Crippen molar-refractivity contribution < 1.29 is 4.79 Å². The molecular weight excluding hydrogens is 308 g/mol. The van der Waals surface area contributed by atoms with Gasteiger partial charge in [-0.3, -0.25) is 4.79 Å². The van der Waals surface area contributed by atoms with Gasteiger partial charge in [-0.05, 0) is 55.1 Å². The fraction of sp³-hybridized carbons (Fsp3) is 0.409. The molecule has 1 amide bonds. The zero-order chi connectivity index (χ0) is 17.4. The number of carbonyl (C=O) groups excluding carboxylic acids is 1. The lowest BCUT2D eigenvalue weighted by molar-refractivity contribution is -0.133. The predicted molar refractivity (Wildman–Crippen MR) is 100 cm³/mol. The summed E-state index contributed by atoms with van der Waals surface area (Å²) in [5.74, 6) is 0.964. The Balaban J connectivity index is 1.42. The molecule has 1 saturated carbocycles. The van der Waals surface area contributed by atoms with Gasteiger partial charge in [0.15, 0.2) is 0 Å². The van der Waals surface area contributed by atoms with Crippen molar-refractivity contribution in [2.75, 3.05) is 20.6 Å². The first-order chi connectivity index (χ1) is 12.1. The highest BCUT2D eigenvalue weighted by atomic mass is 16.2. The van der Waals surface area contributed by atoms with Crippen molar-refractivity contribution in [1.29, 1.82) is 0 Å². The molecule has 0 spiro atoms. The number of fused-ring (bicyclic) bond motifs is 1. The number of rotatable bonds is 4. The molecule has 3 heteroatoms. The van der Waals surface area contributed by atoms with Crippen LogP contribution in [0.1, 0.15) is 34.6 Å². The fourth-order valence-corrected chi connectivity index (χ4v) is 4.03. The van der Waals surface area contributed by atoms with Gasteiger partial charge < -0.3 is 9.80 Å². The fourth-order valence-electron chi connectivity index (χ4n) is 4.03. The summed E-state index contributed by atoms with van der Waals surface area (Å²) < 4.78 is 0. The highest BCUT2D eigenvalue weighted by Crippen LogP contribution is 2.48. The van der Waals surface area contributed by atoms with Crippen LogP contribution < -0.4 is 0 Å². The monoisotopic (exact) mass is 334 g/mol. The number of nitrogens with zero attached hydrogens (tertiary/aromatic N) is 2. The molecule has 0 radical (unpaired) electrons. The van der Waals surface area contributed by atoms with Crippen molar-refractivity contribution in [1.82, 2.24) is 9.80 Å². The van der Waals surface area contributed by atoms with Crippen molar-refractivity contribution in [3.8, 4) is 0 Å². The van der Waals surface area contributed by atoms with Gasteiger partial charge in [0, 0.05) is 25.6 Å². The van der Waals surface area contributed by atoms with Crippen LogP contribution in [0.4, 0.5) is 0 Å². The van der Waals surface area contributed by atoms with Gasteiger partial charge in [-0.1, -0.05) is 48.5 Å². The van der Waals surface area contributed by atoms with Crippen molar-refractivity contribution in [2.45, 2.75) is 31.8 Å². The van der Waals surface area contributed by atoms with E-state index in [1.54, 1.807) is 0 Å². The molecule has 1 aliphatic carbocycles. The van der Waals surface area contributed by atoms with Crippen LogP contribution in [0.25, 0.3) is 0 Å². The van der Waals surface area contributed by atoms with Gasteiger partial charge in [0.2, 0.25) is 5.91 Å². The first kappa shape index (κ1) is 16.3. The average Bonchev–Trinajstić information content (AvgIpc) is 3.41. The van der Waals surface area contributed by atoms with Crippen LogP contribution in [0.5, 0.6) is 0 Å². The molecule has 130 valence electrons. The maximum Gasteiger partial charge on any atom is 0.226 e. The van der Waals surface area contributed by atoms with Gasteiger partial charge in [0.05, 0.1) is 0 Å². The maximum atomic E-state index is 12.9. The molecule has 0 bridgehead atoms. The Bertz CT molecular complexity index is 769. The Labute approximate surface area is 150 Å². The molecule has 0 unspecified atom stereocenters. The van der Waals surface area contributed by atoms with E-state index < -0.39 is 0 Å². The third kappa shape index (κ3) is 3.47. The molecule has 1 heterocycles. The van der Waals surface area contributed by atoms with Gasteiger partial charge in [-0.2, -0.15) is 0 Å². The molecule has 2 atom stereocenters. The normalized spacial score (nSPS) is 22.0. The van der Waals surface area contributed by atoms with Gasteiger partial charge >= 0.3 is 0 Å². The van der Waals surface area contributed by atoms with Gasteiger partial charge in [0.1, 0.15) is 0 Å². The third-order valence-electron chi connectivity index (χ3n) is 5.43. The van der Waals surface area contributed by atoms with E-state index in [9.17, 15) is 4.79 Å². The lowest BCUT2D eigenvalue weighted by Crippen LogP contribution is -2.37. The highest BCUT2D eigenvalue weighted by Gasteiger charge is 2.45. The summed E-state index contributed by atoms with van der Waals surface area (Å²) >= 11 is 0. The van der Waals surface area contributed by atoms with E-state index in [0.717, 1.165) is 32.5 Å². The summed E-state index contributed by atoms with van der Waals surface area (Å²) in [5, 5.41) is 0. The van der Waals surface area contributed by atoms with E-state index in [4.69, 9.17) is 0 Å². The quantitative estimate of drug-likeness (QED) is 0.855. The van der Waals surface area contributed by atoms with E-state index in [1.807, 2.05) is 6.07 Å². The van der Waals surface area contributed by atoms with Crippen LogP contribution in [0.15, 0.2) is 48.5 Å². The second-order valence-electron chi connectivity index (χ2n) is 7.71. The minimum Gasteiger partial charge on any atom is -0.338 e. The smallest absolute Gasteiger partial charge is 0.226 e. The Kier molecular flexibility index (Phi) is 4.34. The molecule has 4 rings (SSSR count). The molecule has 25 heavy (non-hydrogen) atoms. The van der Waals surface area contributed by atoms with Crippen LogP contribution in [0, 0.1) is 5.92 Å². The average molecular weight is 334 g/mol. The van der Waals surface area contributed by atoms with Gasteiger partial charge in [0.25, 0.3) is 0 Å². The molecule has 1 aliphatic heterocycles. The van der Waals surface area contributed by atoms with Crippen LogP contribution in [-0.4, -0.2) is 36.3 Å². The number of benzene rings is 2. The maximum absolute atomic E-state index is 12.9. The van der Waals surface area contributed by atoms with E-state index >= 15 is 0 Å². The van der Waals surface area contributed by atoms with Crippen LogP contribution in [0.3, 0.4) is 0 Å². The molecule has 2 aliphatic rings. The molecule has 2 aromatic carbocycles. The summed E-state index contributed by atoms with van der Waals surface area (Å²) in [6, 6.07) is 17.2. The van der Waals surface area contributed by atoms with Gasteiger partial charge in [-0.25, -0.2) is 0 Å². The molecule has 0 saturated heterocycles. The number of hydrogen-bond acceptors (Lipinski definition) is 2. The Morgan fingerprint density at radius 2 is 1.92 bits per heavy atom. The molecule has 0 N–H and O–H groups in total.